The lowest BCUT2D eigenvalue weighted by Gasteiger charge is -2.11. The number of carbonyl (C=O) groups is 1. The maximum absolute atomic E-state index is 9.96. The van der Waals surface area contributed by atoms with Crippen LogP contribution in [-0.2, 0) is 4.79 Å². The lowest BCUT2D eigenvalue weighted by atomic mass is 9.93. The molecular weight excluding hydrogens is 88.1 g/mol. The summed E-state index contributed by atoms with van der Waals surface area (Å²) >= 11 is 0. The van der Waals surface area contributed by atoms with Crippen LogP contribution in [0.4, 0.5) is 0 Å². The van der Waals surface area contributed by atoms with Crippen LogP contribution in [0.25, 0.3) is 0 Å². The minimum Gasteiger partial charge on any atom is -0.303 e. The van der Waals surface area contributed by atoms with E-state index in [1.54, 1.807) is 0 Å². The van der Waals surface area contributed by atoms with Gasteiger partial charge in [0.05, 0.1) is 0 Å². The van der Waals surface area contributed by atoms with E-state index in [0.717, 1.165) is 0 Å². The molecule has 0 saturated carbocycles. The topological polar surface area (TPSA) is 17.1 Å². The first kappa shape index (κ1) is 4.82. The highest BCUT2D eigenvalue weighted by Crippen LogP contribution is 2.15. The zero-order valence-electron chi connectivity index (χ0n) is 6.06. The van der Waals surface area contributed by atoms with E-state index in [4.69, 9.17) is 1.37 Å². The molecule has 1 unspecified atom stereocenters. The summed E-state index contributed by atoms with van der Waals surface area (Å²) in [5.41, 5.74) is -0.193. The van der Waals surface area contributed by atoms with Crippen molar-refractivity contribution < 1.29 is 6.17 Å². The summed E-state index contributed by atoms with van der Waals surface area (Å²) in [6.45, 7) is 5.62. The fourth-order valence-electron chi connectivity index (χ4n) is 0.204. The number of hydrogen-bond acceptors (Lipinski definition) is 1. The molecule has 1 atom stereocenters. The minimum absolute atomic E-state index is 0.193. The molecule has 7 heavy (non-hydrogen) atoms. The smallest absolute Gasteiger partial charge is 0.120 e. The minimum atomic E-state index is -0.581. The molecule has 0 fully saturated rings. The van der Waals surface area contributed by atoms with Crippen LogP contribution in [0.1, 0.15) is 28.5 Å². The predicted octanol–water partition coefficient (Wildman–Crippen LogP) is 1.62. The molecule has 42 valence electrons. The van der Waals surface area contributed by atoms with Crippen LogP contribution in [0.15, 0.2) is 0 Å². The fraction of sp³-hybridized carbons (Fsp3) is 0.833. The summed E-state index contributed by atoms with van der Waals surface area (Å²) in [6, 6.07) is 0. The Balaban J connectivity index is 3.80. The van der Waals surface area contributed by atoms with Crippen molar-refractivity contribution in [1.82, 2.24) is 0 Å². The molecule has 1 nitrogen and oxygen atoms in total. The summed E-state index contributed by atoms with van der Waals surface area (Å²) in [5.74, 6) is 0. The molecule has 0 aliphatic rings. The molecule has 0 spiro atoms. The van der Waals surface area contributed by atoms with Crippen molar-refractivity contribution in [2.75, 3.05) is 0 Å². The van der Waals surface area contributed by atoms with Gasteiger partial charge in [-0.2, -0.15) is 0 Å². The fourth-order valence-corrected chi connectivity index (χ4v) is 0.204. The second-order valence-corrected chi connectivity index (χ2v) is 2.67. The zero-order valence-corrected chi connectivity index (χ0v) is 5.06. The maximum Gasteiger partial charge on any atom is 0.120 e. The SMILES string of the molecule is [2H]C(C=O)C(C)(C)C. The van der Waals surface area contributed by atoms with Crippen LogP contribution in [0, 0.1) is 5.41 Å². The van der Waals surface area contributed by atoms with Gasteiger partial charge in [0.15, 0.2) is 0 Å². The Kier molecular flexibility index (Phi) is 1.45. The summed E-state index contributed by atoms with van der Waals surface area (Å²) in [4.78, 5) is 9.96. The van der Waals surface area contributed by atoms with E-state index in [0.29, 0.717) is 6.29 Å². The van der Waals surface area contributed by atoms with E-state index in [-0.39, 0.29) is 5.41 Å². The molecule has 0 aliphatic heterocycles. The van der Waals surface area contributed by atoms with Gasteiger partial charge >= 0.3 is 0 Å². The highest BCUT2D eigenvalue weighted by Gasteiger charge is 2.06. The molecule has 1 heteroatoms. The molecule has 0 aliphatic carbocycles. The van der Waals surface area contributed by atoms with Crippen molar-refractivity contribution >= 4 is 6.29 Å². The molecule has 0 aromatic carbocycles. The van der Waals surface area contributed by atoms with E-state index in [9.17, 15) is 4.79 Å². The Morgan fingerprint density at radius 3 is 2.14 bits per heavy atom. The quantitative estimate of drug-likeness (QED) is 0.459. The largest absolute Gasteiger partial charge is 0.303 e. The second kappa shape index (κ2) is 2.10. The van der Waals surface area contributed by atoms with Crippen LogP contribution in [0.5, 0.6) is 0 Å². The first-order valence-corrected chi connectivity index (χ1v) is 2.36. The van der Waals surface area contributed by atoms with Crippen molar-refractivity contribution in [3.8, 4) is 0 Å². The first-order valence-electron chi connectivity index (χ1n) is 2.94. The summed E-state index contributed by atoms with van der Waals surface area (Å²) < 4.78 is 7.10. The standard InChI is InChI=1S/C6H12O/c1-6(2,3)4-5-7/h5H,4H2,1-3H3/i4D. The van der Waals surface area contributed by atoms with Gasteiger partial charge in [0.25, 0.3) is 0 Å². The van der Waals surface area contributed by atoms with E-state index in [1.165, 1.54) is 0 Å². The lowest BCUT2D eigenvalue weighted by Crippen LogP contribution is -2.04. The third kappa shape index (κ3) is 5.67. The van der Waals surface area contributed by atoms with Gasteiger partial charge in [0.1, 0.15) is 6.29 Å². The Bertz CT molecular complexity index is 83.0. The summed E-state index contributed by atoms with van der Waals surface area (Å²) in [6.07, 6.45) is 0.0856. The van der Waals surface area contributed by atoms with E-state index < -0.39 is 6.40 Å². The van der Waals surface area contributed by atoms with Gasteiger partial charge < -0.3 is 4.79 Å². The monoisotopic (exact) mass is 101 g/mol. The van der Waals surface area contributed by atoms with E-state index >= 15 is 0 Å². The van der Waals surface area contributed by atoms with Crippen LogP contribution in [0.2, 0.25) is 0 Å². The number of rotatable bonds is 1. The number of hydrogen-bond donors (Lipinski definition) is 0. The maximum atomic E-state index is 9.96. The normalized spacial score (nSPS) is 17.9. The van der Waals surface area contributed by atoms with Gasteiger partial charge in [0, 0.05) is 7.77 Å². The molecule has 0 aromatic heterocycles. The van der Waals surface area contributed by atoms with Crippen molar-refractivity contribution in [3.05, 3.63) is 0 Å². The van der Waals surface area contributed by atoms with Crippen molar-refractivity contribution in [1.29, 1.82) is 0 Å². The zero-order chi connectivity index (χ0) is 6.78. The van der Waals surface area contributed by atoms with Crippen molar-refractivity contribution in [2.45, 2.75) is 27.2 Å². The van der Waals surface area contributed by atoms with Gasteiger partial charge in [-0.1, -0.05) is 20.8 Å². The van der Waals surface area contributed by atoms with Gasteiger partial charge in [-0.15, -0.1) is 0 Å². The highest BCUT2D eigenvalue weighted by molar-refractivity contribution is 5.50. The number of aldehydes is 1. The van der Waals surface area contributed by atoms with Crippen molar-refractivity contribution in [2.24, 2.45) is 5.41 Å². The Hall–Kier alpha value is -0.330. The van der Waals surface area contributed by atoms with Crippen LogP contribution >= 0.6 is 0 Å². The molecule has 0 N–H and O–H groups in total. The van der Waals surface area contributed by atoms with E-state index in [1.807, 2.05) is 20.8 Å². The average molecular weight is 101 g/mol. The van der Waals surface area contributed by atoms with Crippen molar-refractivity contribution in [3.63, 3.8) is 0 Å². The summed E-state index contributed by atoms with van der Waals surface area (Å²) in [5, 5.41) is 0. The van der Waals surface area contributed by atoms with Gasteiger partial charge in [-0.3, -0.25) is 0 Å². The van der Waals surface area contributed by atoms with Gasteiger partial charge in [0.2, 0.25) is 0 Å². The van der Waals surface area contributed by atoms with Crippen LogP contribution < -0.4 is 0 Å². The second-order valence-electron chi connectivity index (χ2n) is 2.67. The molecule has 0 radical (unpaired) electrons. The molecule has 0 aromatic rings. The van der Waals surface area contributed by atoms with Crippen LogP contribution in [-0.4, -0.2) is 6.29 Å². The average Bonchev–Trinajstić information content (AvgIpc) is 1.62. The Morgan fingerprint density at radius 1 is 1.71 bits per heavy atom. The lowest BCUT2D eigenvalue weighted by molar-refractivity contribution is -0.109. The third-order valence-corrected chi connectivity index (χ3v) is 0.568. The molecule has 0 amide bonds. The molecular formula is C6H12O. The molecule has 0 heterocycles. The third-order valence-electron chi connectivity index (χ3n) is 0.568. The Labute approximate surface area is 46.1 Å². The highest BCUT2D eigenvalue weighted by atomic mass is 16.1. The molecule has 0 bridgehead atoms. The Morgan fingerprint density at radius 2 is 2.14 bits per heavy atom. The predicted molar refractivity (Wildman–Crippen MR) is 30.1 cm³/mol. The molecule has 0 saturated heterocycles. The van der Waals surface area contributed by atoms with Gasteiger partial charge in [-0.05, 0) is 5.41 Å². The van der Waals surface area contributed by atoms with Gasteiger partial charge in [-0.25, -0.2) is 0 Å². The number of carbonyl (C=O) groups excluding carboxylic acids is 1. The van der Waals surface area contributed by atoms with E-state index in [2.05, 4.69) is 0 Å². The summed E-state index contributed by atoms with van der Waals surface area (Å²) in [7, 11) is 0. The molecule has 0 rings (SSSR count). The first-order chi connectivity index (χ1) is 3.48. The van der Waals surface area contributed by atoms with Crippen LogP contribution in [0.3, 0.4) is 0 Å².